The molecular formula is C13H13NO3. The molecule has 1 aromatic rings. The molecule has 1 saturated heterocycles. The van der Waals surface area contributed by atoms with Crippen molar-refractivity contribution in [2.75, 3.05) is 13.1 Å². The van der Waals surface area contributed by atoms with Gasteiger partial charge in [0.2, 0.25) is 0 Å². The van der Waals surface area contributed by atoms with E-state index < -0.39 is 12.2 Å². The molecule has 88 valence electrons. The molecule has 2 unspecified atom stereocenters. The van der Waals surface area contributed by atoms with Crippen molar-refractivity contribution >= 4 is 5.91 Å². The number of aliphatic hydroxyl groups excluding tert-OH is 2. The summed E-state index contributed by atoms with van der Waals surface area (Å²) in [6, 6.07) is 9.19. The first-order chi connectivity index (χ1) is 8.16. The van der Waals surface area contributed by atoms with Gasteiger partial charge < -0.3 is 15.1 Å². The Morgan fingerprint density at radius 3 is 2.35 bits per heavy atom. The number of amides is 1. The summed E-state index contributed by atoms with van der Waals surface area (Å²) in [7, 11) is 0. The molecule has 2 atom stereocenters. The fraction of sp³-hybridized carbons (Fsp3) is 0.308. The molecule has 1 aliphatic rings. The van der Waals surface area contributed by atoms with Gasteiger partial charge in [-0.3, -0.25) is 4.79 Å². The standard InChI is InChI=1S/C13H13NO3/c15-11-8-14(9-12(11)16)13(17)7-6-10-4-2-1-3-5-10/h1-5,11-12,15-16H,8-9H2. The SMILES string of the molecule is O=C(C#Cc1ccccc1)N1CC(O)C(O)C1. The van der Waals surface area contributed by atoms with Crippen LogP contribution in [-0.4, -0.2) is 46.3 Å². The number of likely N-dealkylation sites (tertiary alicyclic amines) is 1. The van der Waals surface area contributed by atoms with Crippen LogP contribution in [-0.2, 0) is 4.79 Å². The second-order valence-corrected chi connectivity index (χ2v) is 3.96. The Kier molecular flexibility index (Phi) is 3.43. The van der Waals surface area contributed by atoms with Crippen molar-refractivity contribution < 1.29 is 15.0 Å². The first kappa shape index (κ1) is 11.6. The zero-order valence-electron chi connectivity index (χ0n) is 9.21. The van der Waals surface area contributed by atoms with Crippen LogP contribution in [0.5, 0.6) is 0 Å². The average Bonchev–Trinajstić information content (AvgIpc) is 2.68. The Morgan fingerprint density at radius 2 is 1.76 bits per heavy atom. The van der Waals surface area contributed by atoms with Gasteiger partial charge >= 0.3 is 0 Å². The van der Waals surface area contributed by atoms with E-state index >= 15 is 0 Å². The van der Waals surface area contributed by atoms with E-state index in [1.165, 1.54) is 4.90 Å². The lowest BCUT2D eigenvalue weighted by Crippen LogP contribution is -2.28. The normalized spacial score (nSPS) is 23.1. The summed E-state index contributed by atoms with van der Waals surface area (Å²) in [5.41, 5.74) is 0.765. The van der Waals surface area contributed by atoms with Gasteiger partial charge in [-0.05, 0) is 12.1 Å². The van der Waals surface area contributed by atoms with Crippen LogP contribution in [0, 0.1) is 11.8 Å². The number of aliphatic hydroxyl groups is 2. The van der Waals surface area contributed by atoms with E-state index in [2.05, 4.69) is 11.8 Å². The average molecular weight is 231 g/mol. The molecule has 0 saturated carbocycles. The monoisotopic (exact) mass is 231 g/mol. The second-order valence-electron chi connectivity index (χ2n) is 3.96. The highest BCUT2D eigenvalue weighted by atomic mass is 16.3. The van der Waals surface area contributed by atoms with Crippen molar-refractivity contribution in [1.82, 2.24) is 4.90 Å². The summed E-state index contributed by atoms with van der Waals surface area (Å²) < 4.78 is 0. The molecule has 0 bridgehead atoms. The maximum absolute atomic E-state index is 11.6. The molecule has 0 aliphatic carbocycles. The fourth-order valence-electron chi connectivity index (χ4n) is 1.66. The topological polar surface area (TPSA) is 60.8 Å². The Bertz CT molecular complexity index is 451. The van der Waals surface area contributed by atoms with Crippen LogP contribution in [0.3, 0.4) is 0 Å². The van der Waals surface area contributed by atoms with Gasteiger partial charge in [-0.1, -0.05) is 24.1 Å². The van der Waals surface area contributed by atoms with Gasteiger partial charge in [0.25, 0.3) is 5.91 Å². The molecule has 17 heavy (non-hydrogen) atoms. The molecular weight excluding hydrogens is 218 g/mol. The predicted octanol–water partition coefficient (Wildman–Crippen LogP) is -0.398. The van der Waals surface area contributed by atoms with Gasteiger partial charge in [-0.2, -0.15) is 0 Å². The zero-order chi connectivity index (χ0) is 12.3. The molecule has 2 N–H and O–H groups in total. The summed E-state index contributed by atoms with van der Waals surface area (Å²) in [6.07, 6.45) is -1.73. The smallest absolute Gasteiger partial charge is 0.299 e. The number of β-amino-alcohol motifs (C(OH)–C–C–N with tert-alkyl or cyclic N) is 2. The molecule has 0 spiro atoms. The van der Waals surface area contributed by atoms with Crippen LogP contribution in [0.1, 0.15) is 5.56 Å². The number of rotatable bonds is 0. The third-order valence-corrected chi connectivity index (χ3v) is 2.63. The molecule has 1 aliphatic heterocycles. The first-order valence-corrected chi connectivity index (χ1v) is 5.39. The Morgan fingerprint density at radius 1 is 1.18 bits per heavy atom. The lowest BCUT2D eigenvalue weighted by Gasteiger charge is -2.09. The summed E-state index contributed by atoms with van der Waals surface area (Å²) in [4.78, 5) is 13.0. The van der Waals surface area contributed by atoms with Gasteiger partial charge in [0, 0.05) is 11.5 Å². The van der Waals surface area contributed by atoms with E-state index in [4.69, 9.17) is 0 Å². The third kappa shape index (κ3) is 2.84. The fourth-order valence-corrected chi connectivity index (χ4v) is 1.66. The lowest BCUT2D eigenvalue weighted by atomic mass is 10.2. The largest absolute Gasteiger partial charge is 0.388 e. The number of hydrogen-bond acceptors (Lipinski definition) is 3. The number of carbonyl (C=O) groups is 1. The minimum absolute atomic E-state index is 0.142. The maximum Gasteiger partial charge on any atom is 0.299 e. The van der Waals surface area contributed by atoms with Gasteiger partial charge in [-0.15, -0.1) is 0 Å². The third-order valence-electron chi connectivity index (χ3n) is 2.63. The van der Waals surface area contributed by atoms with Crippen LogP contribution in [0.15, 0.2) is 30.3 Å². The van der Waals surface area contributed by atoms with Crippen molar-refractivity contribution in [3.8, 4) is 11.8 Å². The summed E-state index contributed by atoms with van der Waals surface area (Å²) in [6.45, 7) is 0.285. The van der Waals surface area contributed by atoms with Gasteiger partial charge in [0.15, 0.2) is 0 Å². The highest BCUT2D eigenvalue weighted by Gasteiger charge is 2.31. The molecule has 4 nitrogen and oxygen atoms in total. The highest BCUT2D eigenvalue weighted by molar-refractivity contribution is 5.94. The summed E-state index contributed by atoms with van der Waals surface area (Å²) in [5.74, 6) is 4.87. The predicted molar refractivity (Wildman–Crippen MR) is 61.9 cm³/mol. The molecule has 4 heteroatoms. The van der Waals surface area contributed by atoms with Crippen LogP contribution in [0.25, 0.3) is 0 Å². The number of carbonyl (C=O) groups excluding carboxylic acids is 1. The molecule has 1 aromatic carbocycles. The van der Waals surface area contributed by atoms with E-state index in [1.807, 2.05) is 30.3 Å². The van der Waals surface area contributed by atoms with Crippen molar-refractivity contribution in [2.24, 2.45) is 0 Å². The maximum atomic E-state index is 11.6. The van der Waals surface area contributed by atoms with Crippen molar-refractivity contribution in [3.63, 3.8) is 0 Å². The molecule has 0 radical (unpaired) electrons. The number of benzene rings is 1. The Labute approximate surface area is 99.5 Å². The molecule has 1 fully saturated rings. The zero-order valence-corrected chi connectivity index (χ0v) is 9.21. The van der Waals surface area contributed by atoms with Crippen LogP contribution >= 0.6 is 0 Å². The van der Waals surface area contributed by atoms with Crippen LogP contribution in [0.2, 0.25) is 0 Å². The van der Waals surface area contributed by atoms with E-state index in [0.29, 0.717) is 0 Å². The van der Waals surface area contributed by atoms with Gasteiger partial charge in [0.05, 0.1) is 25.3 Å². The van der Waals surface area contributed by atoms with E-state index in [1.54, 1.807) is 0 Å². The molecule has 0 aromatic heterocycles. The Hall–Kier alpha value is -1.83. The number of nitrogens with zero attached hydrogens (tertiary/aromatic N) is 1. The lowest BCUT2D eigenvalue weighted by molar-refractivity contribution is -0.124. The van der Waals surface area contributed by atoms with Crippen molar-refractivity contribution in [1.29, 1.82) is 0 Å². The van der Waals surface area contributed by atoms with Crippen molar-refractivity contribution in [2.45, 2.75) is 12.2 Å². The molecule has 1 heterocycles. The van der Waals surface area contributed by atoms with Gasteiger partial charge in [0.1, 0.15) is 0 Å². The van der Waals surface area contributed by atoms with Crippen LogP contribution < -0.4 is 0 Å². The van der Waals surface area contributed by atoms with Crippen molar-refractivity contribution in [3.05, 3.63) is 35.9 Å². The number of hydrogen-bond donors (Lipinski definition) is 2. The molecule has 1 amide bonds. The quantitative estimate of drug-likeness (QED) is 0.597. The Balaban J connectivity index is 2.01. The first-order valence-electron chi connectivity index (χ1n) is 5.39. The minimum Gasteiger partial charge on any atom is -0.388 e. The second kappa shape index (κ2) is 5.00. The summed E-state index contributed by atoms with van der Waals surface area (Å²) in [5, 5.41) is 18.6. The van der Waals surface area contributed by atoms with E-state index in [0.717, 1.165) is 5.56 Å². The van der Waals surface area contributed by atoms with Gasteiger partial charge in [-0.25, -0.2) is 0 Å². The highest BCUT2D eigenvalue weighted by Crippen LogP contribution is 2.09. The van der Waals surface area contributed by atoms with Crippen LogP contribution in [0.4, 0.5) is 0 Å². The van der Waals surface area contributed by atoms with E-state index in [-0.39, 0.29) is 19.0 Å². The molecule has 2 rings (SSSR count). The summed E-state index contributed by atoms with van der Waals surface area (Å²) >= 11 is 0. The van der Waals surface area contributed by atoms with E-state index in [9.17, 15) is 15.0 Å². The minimum atomic E-state index is -0.863.